The fraction of sp³-hybridized carbons (Fsp3) is 0.167. The van der Waals surface area contributed by atoms with Gasteiger partial charge in [0.2, 0.25) is 0 Å². The fourth-order valence-corrected chi connectivity index (χ4v) is 3.62. The van der Waals surface area contributed by atoms with Crippen molar-refractivity contribution in [1.29, 1.82) is 0 Å². The van der Waals surface area contributed by atoms with Crippen LogP contribution >= 0.6 is 34.8 Å². The number of nitrogens with one attached hydrogen (secondary N) is 1. The summed E-state index contributed by atoms with van der Waals surface area (Å²) >= 11 is 17.8. The zero-order chi connectivity index (χ0) is 19.3. The van der Waals surface area contributed by atoms with Crippen molar-refractivity contribution in [3.8, 4) is 16.9 Å². The first-order valence-corrected chi connectivity index (χ1v) is 9.07. The van der Waals surface area contributed by atoms with Gasteiger partial charge in [0.05, 0.1) is 32.0 Å². The molecule has 1 aromatic heterocycles. The van der Waals surface area contributed by atoms with Crippen LogP contribution in [-0.4, -0.2) is 16.3 Å². The average Bonchev–Trinajstić information content (AvgIpc) is 3.19. The van der Waals surface area contributed by atoms with Crippen LogP contribution in [0, 0.1) is 0 Å². The van der Waals surface area contributed by atoms with Crippen molar-refractivity contribution in [2.24, 2.45) is 0 Å². The minimum Gasteiger partial charge on any atom is -0.369 e. The van der Waals surface area contributed by atoms with E-state index in [-0.39, 0.29) is 5.02 Å². The number of benzene rings is 2. The minimum absolute atomic E-state index is 0.343. The number of rotatable bonds is 2. The third kappa shape index (κ3) is 3.26. The van der Waals surface area contributed by atoms with Crippen LogP contribution in [-0.2, 0) is 12.6 Å². The van der Waals surface area contributed by atoms with Gasteiger partial charge in [-0.25, -0.2) is 4.68 Å². The van der Waals surface area contributed by atoms with Gasteiger partial charge in [-0.2, -0.15) is 18.3 Å². The molecule has 0 fully saturated rings. The summed E-state index contributed by atoms with van der Waals surface area (Å²) in [6.07, 6.45) is -3.89. The lowest BCUT2D eigenvalue weighted by molar-refractivity contribution is -0.137. The highest BCUT2D eigenvalue weighted by Gasteiger charge is 2.34. The molecule has 1 N–H and O–H groups in total. The maximum Gasteiger partial charge on any atom is 0.417 e. The summed E-state index contributed by atoms with van der Waals surface area (Å²) in [5.41, 5.74) is 1.45. The molecule has 0 atom stereocenters. The Labute approximate surface area is 167 Å². The Bertz CT molecular complexity index is 1040. The van der Waals surface area contributed by atoms with Gasteiger partial charge in [-0.05, 0) is 36.8 Å². The third-order valence-electron chi connectivity index (χ3n) is 4.34. The topological polar surface area (TPSA) is 29.9 Å². The molecule has 1 aliphatic heterocycles. The minimum atomic E-state index is -4.54. The van der Waals surface area contributed by atoms with Crippen LogP contribution < -0.4 is 5.32 Å². The highest BCUT2D eigenvalue weighted by Crippen LogP contribution is 2.40. The summed E-state index contributed by atoms with van der Waals surface area (Å²) in [4.78, 5) is 0. The van der Waals surface area contributed by atoms with Crippen LogP contribution in [0.15, 0.2) is 36.4 Å². The number of hydrogen-bond donors (Lipinski definition) is 1. The number of halogens is 6. The lowest BCUT2D eigenvalue weighted by atomic mass is 10.0. The van der Waals surface area contributed by atoms with Crippen molar-refractivity contribution < 1.29 is 13.2 Å². The molecule has 0 amide bonds. The Morgan fingerprint density at radius 2 is 1.70 bits per heavy atom. The Balaban J connectivity index is 1.88. The molecular weight excluding hydrogens is 422 g/mol. The fourth-order valence-electron chi connectivity index (χ4n) is 3.10. The maximum atomic E-state index is 13.2. The highest BCUT2D eigenvalue weighted by molar-refractivity contribution is 6.42. The van der Waals surface area contributed by atoms with Crippen LogP contribution in [0.2, 0.25) is 15.1 Å². The smallest absolute Gasteiger partial charge is 0.369 e. The van der Waals surface area contributed by atoms with Crippen molar-refractivity contribution in [1.82, 2.24) is 9.78 Å². The number of hydrogen-bond acceptors (Lipinski definition) is 2. The van der Waals surface area contributed by atoms with E-state index >= 15 is 0 Å². The first kappa shape index (κ1) is 18.5. The van der Waals surface area contributed by atoms with Crippen molar-refractivity contribution in [2.75, 3.05) is 11.9 Å². The molecule has 1 aliphatic rings. The summed E-state index contributed by atoms with van der Waals surface area (Å²) in [5, 5.41) is 8.19. The monoisotopic (exact) mass is 431 g/mol. The molecule has 27 heavy (non-hydrogen) atoms. The molecule has 0 saturated heterocycles. The van der Waals surface area contributed by atoms with Gasteiger partial charge < -0.3 is 5.32 Å². The van der Waals surface area contributed by atoms with Crippen molar-refractivity contribution in [3.05, 3.63) is 62.6 Å². The summed E-state index contributed by atoms with van der Waals surface area (Å²) in [7, 11) is 0. The Hall–Kier alpha value is -1.89. The van der Waals surface area contributed by atoms with Crippen LogP contribution in [0.1, 0.15) is 11.1 Å². The number of fused-ring (bicyclic) bond motifs is 1. The molecule has 2 aromatic carbocycles. The van der Waals surface area contributed by atoms with Crippen molar-refractivity contribution in [2.45, 2.75) is 12.6 Å². The van der Waals surface area contributed by atoms with E-state index in [9.17, 15) is 13.2 Å². The Morgan fingerprint density at radius 1 is 0.963 bits per heavy atom. The molecule has 0 radical (unpaired) electrons. The van der Waals surface area contributed by atoms with E-state index < -0.39 is 11.7 Å². The second-order valence-electron chi connectivity index (χ2n) is 6.06. The molecule has 9 heteroatoms. The second-order valence-corrected chi connectivity index (χ2v) is 7.28. The Morgan fingerprint density at radius 3 is 2.41 bits per heavy atom. The molecule has 140 valence electrons. The molecule has 4 rings (SSSR count). The molecule has 3 nitrogen and oxygen atoms in total. The van der Waals surface area contributed by atoms with E-state index in [0.717, 1.165) is 17.4 Å². The SMILES string of the molecule is FC(F)(F)c1cc(-c2nn(-c3ccc(Cl)c(Cl)c3)c3c2CCN3)ccc1Cl. The molecule has 0 spiro atoms. The molecular formula is C18H11Cl3F3N3. The van der Waals surface area contributed by atoms with Gasteiger partial charge in [-0.1, -0.05) is 40.9 Å². The van der Waals surface area contributed by atoms with E-state index in [1.807, 2.05) is 0 Å². The van der Waals surface area contributed by atoms with Crippen LogP contribution in [0.3, 0.4) is 0 Å². The zero-order valence-electron chi connectivity index (χ0n) is 13.5. The Kier molecular flexibility index (Phi) is 4.53. The number of nitrogens with zero attached hydrogens (tertiary/aromatic N) is 2. The van der Waals surface area contributed by atoms with Crippen LogP contribution in [0.25, 0.3) is 16.9 Å². The van der Waals surface area contributed by atoms with Gasteiger partial charge in [-0.3, -0.25) is 0 Å². The third-order valence-corrected chi connectivity index (χ3v) is 5.41. The summed E-state index contributed by atoms with van der Waals surface area (Å²) in [6, 6.07) is 8.86. The molecule has 0 unspecified atom stereocenters. The molecule has 0 saturated carbocycles. The standard InChI is InChI=1S/C18H11Cl3F3N3/c19-13-3-1-9(7-12(13)18(22,23)24)16-11-5-6-25-17(11)27(26-16)10-2-4-14(20)15(21)8-10/h1-4,7-8,25H,5-6H2. The molecule has 0 bridgehead atoms. The van der Waals surface area contributed by atoms with E-state index in [4.69, 9.17) is 34.8 Å². The molecule has 2 heterocycles. The number of anilines is 1. The number of alkyl halides is 3. The van der Waals surface area contributed by atoms with Gasteiger partial charge >= 0.3 is 6.18 Å². The highest BCUT2D eigenvalue weighted by atomic mass is 35.5. The van der Waals surface area contributed by atoms with Crippen molar-refractivity contribution >= 4 is 40.6 Å². The summed E-state index contributed by atoms with van der Waals surface area (Å²) in [6.45, 7) is 0.668. The summed E-state index contributed by atoms with van der Waals surface area (Å²) < 4.78 is 41.3. The van der Waals surface area contributed by atoms with Crippen LogP contribution in [0.4, 0.5) is 19.0 Å². The lowest BCUT2D eigenvalue weighted by Crippen LogP contribution is -2.06. The summed E-state index contributed by atoms with van der Waals surface area (Å²) in [5.74, 6) is 0.729. The maximum absolute atomic E-state index is 13.2. The van der Waals surface area contributed by atoms with Crippen LogP contribution in [0.5, 0.6) is 0 Å². The zero-order valence-corrected chi connectivity index (χ0v) is 15.8. The van der Waals surface area contributed by atoms with Gasteiger partial charge in [0.25, 0.3) is 0 Å². The predicted octanol–water partition coefficient (Wildman–Crippen LogP) is 6.49. The van der Waals surface area contributed by atoms with Gasteiger partial charge in [-0.15, -0.1) is 0 Å². The van der Waals surface area contributed by atoms with Gasteiger partial charge in [0, 0.05) is 17.7 Å². The first-order chi connectivity index (χ1) is 12.8. The molecule has 3 aromatic rings. The van der Waals surface area contributed by atoms with E-state index in [2.05, 4.69) is 10.4 Å². The van der Waals surface area contributed by atoms with E-state index in [1.165, 1.54) is 12.1 Å². The second kappa shape index (κ2) is 6.62. The van der Waals surface area contributed by atoms with Gasteiger partial charge in [0.15, 0.2) is 0 Å². The largest absolute Gasteiger partial charge is 0.417 e. The molecule has 0 aliphatic carbocycles. The van der Waals surface area contributed by atoms with Gasteiger partial charge in [0.1, 0.15) is 5.82 Å². The first-order valence-electron chi connectivity index (χ1n) is 7.94. The average molecular weight is 433 g/mol. The quantitative estimate of drug-likeness (QED) is 0.502. The predicted molar refractivity (Wildman–Crippen MR) is 101 cm³/mol. The lowest BCUT2D eigenvalue weighted by Gasteiger charge is -2.10. The van der Waals surface area contributed by atoms with Crippen molar-refractivity contribution in [3.63, 3.8) is 0 Å². The van der Waals surface area contributed by atoms with E-state index in [1.54, 1.807) is 22.9 Å². The normalized spacial score (nSPS) is 13.6. The number of aromatic nitrogens is 2. The van der Waals surface area contributed by atoms with E-state index in [0.29, 0.717) is 40.0 Å².